The lowest BCUT2D eigenvalue weighted by molar-refractivity contribution is -0.136. The Balaban J connectivity index is 1.71. The zero-order valence-electron chi connectivity index (χ0n) is 28.9. The summed E-state index contributed by atoms with van der Waals surface area (Å²) in [6.07, 6.45) is 0.810. The van der Waals surface area contributed by atoms with E-state index >= 15 is 0 Å². The number of carboxylic acid groups (broad SMARTS) is 1. The molecule has 0 atom stereocenters. The van der Waals surface area contributed by atoms with E-state index in [0.717, 1.165) is 52.0 Å². The Morgan fingerprint density at radius 3 is 2.12 bits per heavy atom. The van der Waals surface area contributed by atoms with Gasteiger partial charge in [0.1, 0.15) is 28.0 Å². The quantitative estimate of drug-likeness (QED) is 0.0873. The highest BCUT2D eigenvalue weighted by Crippen LogP contribution is 2.44. The highest BCUT2D eigenvalue weighted by atomic mass is 32.2. The van der Waals surface area contributed by atoms with Gasteiger partial charge in [0.2, 0.25) is 11.0 Å². The van der Waals surface area contributed by atoms with Gasteiger partial charge in [-0.1, -0.05) is 61.5 Å². The van der Waals surface area contributed by atoms with Crippen LogP contribution in [0.15, 0.2) is 106 Å². The first-order valence-corrected chi connectivity index (χ1v) is 18.1. The Kier molecular flexibility index (Phi) is 9.64. The molecule has 9 heteroatoms. The highest BCUT2D eigenvalue weighted by molar-refractivity contribution is 7.85. The summed E-state index contributed by atoms with van der Waals surface area (Å²) in [5.41, 5.74) is 8.96. The molecule has 0 fully saturated rings. The highest BCUT2D eigenvalue weighted by Gasteiger charge is 2.25. The zero-order chi connectivity index (χ0) is 35.7. The van der Waals surface area contributed by atoms with Crippen molar-refractivity contribution in [1.82, 2.24) is 4.58 Å². The second-order valence-corrected chi connectivity index (χ2v) is 14.1. The van der Waals surface area contributed by atoms with Crippen LogP contribution in [0.2, 0.25) is 0 Å². The number of carbonyl (C=O) groups is 1. The van der Waals surface area contributed by atoms with E-state index in [-0.39, 0.29) is 23.4 Å². The maximum atomic E-state index is 12.6. The number of hydrogen-bond acceptors (Lipinski definition) is 6. The summed E-state index contributed by atoms with van der Waals surface area (Å²) in [4.78, 5) is 13.4. The van der Waals surface area contributed by atoms with E-state index in [1.54, 1.807) is 18.2 Å². The molecule has 0 saturated carbocycles. The Morgan fingerprint density at radius 2 is 1.48 bits per heavy atom. The third-order valence-corrected chi connectivity index (χ3v) is 10.0. The van der Waals surface area contributed by atoms with Gasteiger partial charge >= 0.3 is 5.97 Å². The molecule has 1 heterocycles. The summed E-state index contributed by atoms with van der Waals surface area (Å²) in [6, 6.07) is 29.9. The molecule has 8 nitrogen and oxygen atoms in total. The largest absolute Gasteiger partial charge is 0.744 e. The summed E-state index contributed by atoms with van der Waals surface area (Å²) < 4.78 is 46.7. The molecule has 4 aromatic rings. The molecule has 0 spiro atoms. The predicted molar refractivity (Wildman–Crippen MR) is 197 cm³/mol. The van der Waals surface area contributed by atoms with Crippen LogP contribution in [0, 0.1) is 27.7 Å². The van der Waals surface area contributed by atoms with E-state index in [2.05, 4.69) is 37.5 Å². The van der Waals surface area contributed by atoms with Crippen LogP contribution in [0.1, 0.15) is 42.0 Å². The number of aliphatic carboxylic acids is 1. The minimum atomic E-state index is -4.83. The van der Waals surface area contributed by atoms with Gasteiger partial charge in [0.25, 0.3) is 0 Å². The molecule has 0 bridgehead atoms. The van der Waals surface area contributed by atoms with Gasteiger partial charge < -0.3 is 19.0 Å². The fourth-order valence-corrected chi connectivity index (χ4v) is 7.70. The monoisotopic (exact) mass is 688 g/mol. The number of nitrogens with zero attached hydrogens (tertiary/aromatic N) is 2. The number of benzene rings is 5. The molecule has 1 aliphatic heterocycles. The molecule has 0 amide bonds. The molecule has 256 valence electrons. The van der Waals surface area contributed by atoms with E-state index in [1.807, 2.05) is 79.4 Å². The fourth-order valence-electron chi connectivity index (χ4n) is 7.02. The summed E-state index contributed by atoms with van der Waals surface area (Å²) in [7, 11) is -4.83. The molecule has 0 aromatic heterocycles. The van der Waals surface area contributed by atoms with Crippen LogP contribution in [0.3, 0.4) is 0 Å². The van der Waals surface area contributed by atoms with Crippen molar-refractivity contribution in [2.75, 3.05) is 18.0 Å². The van der Waals surface area contributed by atoms with Crippen LogP contribution in [0.25, 0.3) is 33.4 Å². The molecule has 0 unspecified atom stereocenters. The molecule has 1 aliphatic carbocycles. The molecule has 0 saturated heterocycles. The maximum absolute atomic E-state index is 12.6. The average molecular weight is 689 g/mol. The Bertz CT molecular complexity index is 2370. The topological polar surface area (TPSA) is 114 Å². The van der Waals surface area contributed by atoms with E-state index in [4.69, 9.17) is 4.42 Å². The SMILES string of the molecule is CCC[N+](c1c(C)cccc1C)=c1ccc2c(-c3ccccc3S(=O)(=O)[O-])c3ccc(N(CCC(=O)O)c4c(C)cccc4C)cc3oc-2c1. The molecule has 50 heavy (non-hydrogen) atoms. The molecular weight excluding hydrogens is 649 g/mol. The normalized spacial score (nSPS) is 12.4. The van der Waals surface area contributed by atoms with Crippen molar-refractivity contribution in [2.24, 2.45) is 0 Å². The van der Waals surface area contributed by atoms with Crippen molar-refractivity contribution in [3.63, 3.8) is 0 Å². The minimum Gasteiger partial charge on any atom is -0.744 e. The van der Waals surface area contributed by atoms with Crippen molar-refractivity contribution in [3.8, 4) is 22.5 Å². The van der Waals surface area contributed by atoms with Gasteiger partial charge in [-0.05, 0) is 63.1 Å². The van der Waals surface area contributed by atoms with Crippen LogP contribution in [-0.4, -0.2) is 37.1 Å². The number of hydrogen-bond donors (Lipinski definition) is 1. The first kappa shape index (κ1) is 34.6. The van der Waals surface area contributed by atoms with Gasteiger partial charge in [-0.2, -0.15) is 4.58 Å². The molecule has 6 rings (SSSR count). The fraction of sp³-hybridized carbons (Fsp3) is 0.220. The lowest BCUT2D eigenvalue weighted by atomic mass is 9.93. The number of carboxylic acids is 1. The lowest BCUT2D eigenvalue weighted by Gasteiger charge is -2.28. The minimum absolute atomic E-state index is 0.0877. The molecule has 0 radical (unpaired) electrons. The zero-order valence-corrected chi connectivity index (χ0v) is 29.7. The number of fused-ring (bicyclic) bond motifs is 2. The van der Waals surface area contributed by atoms with Crippen molar-refractivity contribution in [1.29, 1.82) is 0 Å². The van der Waals surface area contributed by atoms with E-state index in [9.17, 15) is 22.9 Å². The summed E-state index contributed by atoms with van der Waals surface area (Å²) >= 11 is 0. The summed E-state index contributed by atoms with van der Waals surface area (Å²) in [5.74, 6) is -0.403. The average Bonchev–Trinajstić information content (AvgIpc) is 3.07. The predicted octanol–water partition coefficient (Wildman–Crippen LogP) is 8.47. The van der Waals surface area contributed by atoms with Gasteiger partial charge in [0, 0.05) is 69.7 Å². The van der Waals surface area contributed by atoms with Crippen LogP contribution < -0.4 is 14.8 Å². The molecular formula is C41H40N2O6S. The van der Waals surface area contributed by atoms with E-state index in [0.29, 0.717) is 33.5 Å². The third-order valence-electron chi connectivity index (χ3n) is 9.15. The second-order valence-electron chi connectivity index (χ2n) is 12.7. The second kappa shape index (κ2) is 13.9. The lowest BCUT2D eigenvalue weighted by Crippen LogP contribution is -2.27. The van der Waals surface area contributed by atoms with Gasteiger partial charge in [0.05, 0.1) is 17.4 Å². The van der Waals surface area contributed by atoms with Gasteiger partial charge in [-0.15, -0.1) is 0 Å². The van der Waals surface area contributed by atoms with E-state index < -0.39 is 16.1 Å². The molecule has 1 N–H and O–H groups in total. The van der Waals surface area contributed by atoms with Crippen LogP contribution in [0.4, 0.5) is 17.1 Å². The summed E-state index contributed by atoms with van der Waals surface area (Å²) in [5, 5.41) is 11.2. The van der Waals surface area contributed by atoms with Crippen molar-refractivity contribution < 1.29 is 27.3 Å². The van der Waals surface area contributed by atoms with Crippen molar-refractivity contribution >= 4 is 44.1 Å². The van der Waals surface area contributed by atoms with Gasteiger partial charge in [-0.25, -0.2) is 8.42 Å². The molecule has 2 aliphatic rings. The van der Waals surface area contributed by atoms with Crippen molar-refractivity contribution in [3.05, 3.63) is 125 Å². The maximum Gasteiger partial charge on any atom is 0.305 e. The van der Waals surface area contributed by atoms with Crippen LogP contribution in [-0.2, 0) is 14.9 Å². The van der Waals surface area contributed by atoms with Gasteiger partial charge in [0.15, 0.2) is 0 Å². The van der Waals surface area contributed by atoms with Crippen molar-refractivity contribution in [2.45, 2.75) is 52.4 Å². The van der Waals surface area contributed by atoms with E-state index in [1.165, 1.54) is 6.07 Å². The Labute approximate surface area is 292 Å². The first-order valence-electron chi connectivity index (χ1n) is 16.7. The number of rotatable bonds is 10. The van der Waals surface area contributed by atoms with Crippen LogP contribution >= 0.6 is 0 Å². The number of anilines is 2. The summed E-state index contributed by atoms with van der Waals surface area (Å²) in [6.45, 7) is 11.3. The third kappa shape index (κ3) is 6.66. The first-order chi connectivity index (χ1) is 23.9. The number of para-hydroxylation sites is 2. The van der Waals surface area contributed by atoms with Crippen LogP contribution in [0.5, 0.6) is 0 Å². The standard InChI is InChI=1S/C41H40N2O6S/c1-6-22-42(40-26(2)11-9-12-27(40)3)30-17-19-32-35(24-30)49-36-25-31(43(23-21-38(44)45)41-28(4)13-10-14-29(41)5)18-20-33(36)39(32)34-15-7-8-16-37(34)50(46,47)48/h7-20,24-25H,6,21-23H2,1-5H3,(H-,44,45,46,47,48). The molecule has 4 aromatic carbocycles. The van der Waals surface area contributed by atoms with Gasteiger partial charge in [-0.3, -0.25) is 4.79 Å². The Morgan fingerprint density at radius 1 is 0.820 bits per heavy atom. The number of aryl methyl sites for hydroxylation is 4. The smallest absolute Gasteiger partial charge is 0.305 e. The Hall–Kier alpha value is -5.25.